The molecule has 0 unspecified atom stereocenters. The average molecular weight is 409 g/mol. The van der Waals surface area contributed by atoms with E-state index in [2.05, 4.69) is 5.32 Å². The summed E-state index contributed by atoms with van der Waals surface area (Å²) < 4.78 is 11.3. The number of aromatic nitrogens is 1. The molecule has 27 heavy (non-hydrogen) atoms. The maximum absolute atomic E-state index is 12.2. The summed E-state index contributed by atoms with van der Waals surface area (Å²) in [5.41, 5.74) is 1.20. The number of ether oxygens (including phenoxy) is 1. The minimum atomic E-state index is -1.09. The lowest BCUT2D eigenvalue weighted by Crippen LogP contribution is -2.32. The highest BCUT2D eigenvalue weighted by atomic mass is 35.5. The third-order valence-electron chi connectivity index (χ3n) is 3.67. The standard InChI is InChI=1S/C18H14Cl2N2O5/c1-10(17(24)21-13-7-11(19)6-12(20)8-13)26-16(23)9-22-14-4-2-3-5-15(14)27-18(22)25/h2-8,10H,9H2,1H3,(H,21,24)/t10-/m0/s1. The molecule has 0 saturated carbocycles. The summed E-state index contributed by atoms with van der Waals surface area (Å²) in [5.74, 6) is -2.00. The van der Waals surface area contributed by atoms with Crippen molar-refractivity contribution in [1.82, 2.24) is 4.57 Å². The highest BCUT2D eigenvalue weighted by molar-refractivity contribution is 6.35. The molecule has 0 aliphatic rings. The van der Waals surface area contributed by atoms with Gasteiger partial charge < -0.3 is 14.5 Å². The van der Waals surface area contributed by atoms with Crippen molar-refractivity contribution in [2.45, 2.75) is 19.6 Å². The van der Waals surface area contributed by atoms with Gasteiger partial charge in [-0.3, -0.25) is 14.2 Å². The Bertz CT molecular complexity index is 1050. The summed E-state index contributed by atoms with van der Waals surface area (Å²) in [6.45, 7) is 1.03. The van der Waals surface area contributed by atoms with Crippen LogP contribution in [-0.2, 0) is 20.9 Å². The van der Waals surface area contributed by atoms with Crippen molar-refractivity contribution in [1.29, 1.82) is 0 Å². The number of esters is 1. The minimum absolute atomic E-state index is 0.355. The van der Waals surface area contributed by atoms with Gasteiger partial charge in [0.25, 0.3) is 5.91 Å². The van der Waals surface area contributed by atoms with Crippen LogP contribution in [0.5, 0.6) is 0 Å². The normalized spacial score (nSPS) is 12.0. The summed E-state index contributed by atoms with van der Waals surface area (Å²) in [6, 6.07) is 11.2. The predicted octanol–water partition coefficient (Wildman–Crippen LogP) is 3.47. The Morgan fingerprint density at radius 3 is 2.56 bits per heavy atom. The second-order valence-corrected chi connectivity index (χ2v) is 6.57. The van der Waals surface area contributed by atoms with Gasteiger partial charge in [0.2, 0.25) is 0 Å². The van der Waals surface area contributed by atoms with Crippen molar-refractivity contribution in [2.24, 2.45) is 0 Å². The fourth-order valence-electron chi connectivity index (χ4n) is 2.45. The Labute approximate surface area is 163 Å². The number of hydrogen-bond acceptors (Lipinski definition) is 5. The van der Waals surface area contributed by atoms with Crippen LogP contribution in [0, 0.1) is 0 Å². The van der Waals surface area contributed by atoms with Gasteiger partial charge in [0, 0.05) is 15.7 Å². The lowest BCUT2D eigenvalue weighted by Gasteiger charge is -2.14. The van der Waals surface area contributed by atoms with E-state index in [1.165, 1.54) is 25.1 Å². The van der Waals surface area contributed by atoms with E-state index < -0.39 is 23.7 Å². The van der Waals surface area contributed by atoms with Crippen LogP contribution in [0.4, 0.5) is 5.69 Å². The average Bonchev–Trinajstić information content (AvgIpc) is 2.89. The van der Waals surface area contributed by atoms with Gasteiger partial charge in [-0.25, -0.2) is 4.79 Å². The van der Waals surface area contributed by atoms with Crippen molar-refractivity contribution in [3.8, 4) is 0 Å². The Kier molecular flexibility index (Phi) is 5.53. The fraction of sp³-hybridized carbons (Fsp3) is 0.167. The molecule has 0 aliphatic carbocycles. The number of nitrogens with zero attached hydrogens (tertiary/aromatic N) is 1. The largest absolute Gasteiger partial charge is 0.451 e. The van der Waals surface area contributed by atoms with Crippen LogP contribution in [0.3, 0.4) is 0 Å². The van der Waals surface area contributed by atoms with E-state index in [0.717, 1.165) is 4.57 Å². The molecule has 3 rings (SSSR count). The number of fused-ring (bicyclic) bond motifs is 1. The molecule has 0 bridgehead atoms. The third-order valence-corrected chi connectivity index (χ3v) is 4.10. The molecule has 0 saturated heterocycles. The van der Waals surface area contributed by atoms with Gasteiger partial charge in [-0.2, -0.15) is 0 Å². The Morgan fingerprint density at radius 1 is 1.19 bits per heavy atom. The topological polar surface area (TPSA) is 90.5 Å². The zero-order valence-electron chi connectivity index (χ0n) is 14.1. The van der Waals surface area contributed by atoms with Crippen LogP contribution in [0.2, 0.25) is 10.0 Å². The van der Waals surface area contributed by atoms with Crippen LogP contribution in [0.1, 0.15) is 6.92 Å². The number of oxazole rings is 1. The number of hydrogen-bond donors (Lipinski definition) is 1. The second-order valence-electron chi connectivity index (χ2n) is 5.70. The Morgan fingerprint density at radius 2 is 1.85 bits per heavy atom. The summed E-state index contributed by atoms with van der Waals surface area (Å²) >= 11 is 11.8. The molecule has 1 amide bonds. The van der Waals surface area contributed by atoms with Crippen LogP contribution in [0.15, 0.2) is 51.7 Å². The quantitative estimate of drug-likeness (QED) is 0.652. The van der Waals surface area contributed by atoms with Gasteiger partial charge in [-0.15, -0.1) is 0 Å². The van der Waals surface area contributed by atoms with E-state index in [0.29, 0.717) is 26.8 Å². The lowest BCUT2D eigenvalue weighted by molar-refractivity contribution is -0.153. The van der Waals surface area contributed by atoms with E-state index in [9.17, 15) is 14.4 Å². The zero-order valence-corrected chi connectivity index (χ0v) is 15.6. The van der Waals surface area contributed by atoms with E-state index in [1.807, 2.05) is 0 Å². The molecular weight excluding hydrogens is 395 g/mol. The number of rotatable bonds is 5. The summed E-state index contributed by atoms with van der Waals surface area (Å²) in [7, 11) is 0. The number of anilines is 1. The van der Waals surface area contributed by atoms with Crippen LogP contribution < -0.4 is 11.1 Å². The van der Waals surface area contributed by atoms with Gasteiger partial charge >= 0.3 is 11.7 Å². The van der Waals surface area contributed by atoms with Crippen LogP contribution >= 0.6 is 23.2 Å². The fourth-order valence-corrected chi connectivity index (χ4v) is 2.98. The molecule has 1 N–H and O–H groups in total. The van der Waals surface area contributed by atoms with Crippen molar-refractivity contribution in [3.05, 3.63) is 63.1 Å². The van der Waals surface area contributed by atoms with Gasteiger partial charge in [-0.05, 0) is 37.3 Å². The molecule has 0 fully saturated rings. The maximum Gasteiger partial charge on any atom is 0.420 e. The highest BCUT2D eigenvalue weighted by Gasteiger charge is 2.20. The molecule has 0 radical (unpaired) electrons. The first-order valence-corrected chi connectivity index (χ1v) is 8.64. The number of para-hydroxylation sites is 2. The van der Waals surface area contributed by atoms with Gasteiger partial charge in [0.15, 0.2) is 11.7 Å². The number of halogens is 2. The number of amides is 1. The molecule has 1 atom stereocenters. The number of carbonyl (C=O) groups excluding carboxylic acids is 2. The summed E-state index contributed by atoms with van der Waals surface area (Å²) in [4.78, 5) is 36.2. The third kappa shape index (κ3) is 4.50. The smallest absolute Gasteiger partial charge is 0.420 e. The number of benzene rings is 2. The molecule has 140 valence electrons. The molecule has 2 aromatic carbocycles. The summed E-state index contributed by atoms with van der Waals surface area (Å²) in [5, 5.41) is 3.27. The Balaban J connectivity index is 1.65. The zero-order chi connectivity index (χ0) is 19.6. The molecule has 9 heteroatoms. The van der Waals surface area contributed by atoms with Gasteiger partial charge in [-0.1, -0.05) is 35.3 Å². The van der Waals surface area contributed by atoms with Crippen molar-refractivity contribution in [2.75, 3.05) is 5.32 Å². The molecule has 1 heterocycles. The van der Waals surface area contributed by atoms with Crippen molar-refractivity contribution in [3.63, 3.8) is 0 Å². The SMILES string of the molecule is C[C@H](OC(=O)Cn1c(=O)oc2ccccc21)C(=O)Nc1cc(Cl)cc(Cl)c1. The maximum atomic E-state index is 12.2. The number of carbonyl (C=O) groups is 2. The van der Waals surface area contributed by atoms with E-state index in [-0.39, 0.29) is 6.54 Å². The van der Waals surface area contributed by atoms with Crippen LogP contribution in [-0.4, -0.2) is 22.5 Å². The predicted molar refractivity (Wildman–Crippen MR) is 101 cm³/mol. The minimum Gasteiger partial charge on any atom is -0.451 e. The van der Waals surface area contributed by atoms with E-state index in [1.54, 1.807) is 24.3 Å². The number of nitrogens with one attached hydrogen (secondary N) is 1. The molecule has 1 aromatic heterocycles. The summed E-state index contributed by atoms with van der Waals surface area (Å²) in [6.07, 6.45) is -1.09. The van der Waals surface area contributed by atoms with E-state index in [4.69, 9.17) is 32.4 Å². The van der Waals surface area contributed by atoms with Crippen LogP contribution in [0.25, 0.3) is 11.1 Å². The van der Waals surface area contributed by atoms with Gasteiger partial charge in [0.05, 0.1) is 5.52 Å². The molecule has 0 aliphatic heterocycles. The second kappa shape index (κ2) is 7.85. The van der Waals surface area contributed by atoms with Crippen molar-refractivity contribution < 1.29 is 18.7 Å². The molecule has 7 nitrogen and oxygen atoms in total. The first-order chi connectivity index (χ1) is 12.8. The monoisotopic (exact) mass is 408 g/mol. The molecular formula is C18H14Cl2N2O5. The van der Waals surface area contributed by atoms with E-state index >= 15 is 0 Å². The first-order valence-electron chi connectivity index (χ1n) is 7.88. The van der Waals surface area contributed by atoms with Gasteiger partial charge in [0.1, 0.15) is 6.54 Å². The Hall–Kier alpha value is -2.77. The van der Waals surface area contributed by atoms with Crippen molar-refractivity contribution >= 4 is 51.9 Å². The highest BCUT2D eigenvalue weighted by Crippen LogP contribution is 2.22. The first kappa shape index (κ1) is 19.0. The lowest BCUT2D eigenvalue weighted by atomic mass is 10.3. The molecule has 0 spiro atoms. The molecule has 3 aromatic rings.